The summed E-state index contributed by atoms with van der Waals surface area (Å²) in [5.41, 5.74) is 2.01. The van der Waals surface area contributed by atoms with E-state index >= 15 is 0 Å². The highest BCUT2D eigenvalue weighted by Crippen LogP contribution is 2.36. The van der Waals surface area contributed by atoms with Gasteiger partial charge in [-0.2, -0.15) is 0 Å². The number of rotatable bonds is 3. The topological polar surface area (TPSA) is 40.9 Å². The van der Waals surface area contributed by atoms with E-state index in [0.29, 0.717) is 0 Å². The number of hydrogen-bond acceptors (Lipinski definition) is 6. The summed E-state index contributed by atoms with van der Waals surface area (Å²) in [5.74, 6) is 0. The molecule has 2 heterocycles. The van der Waals surface area contributed by atoms with Gasteiger partial charge in [-0.05, 0) is 52.9 Å². The first-order valence-corrected chi connectivity index (χ1v) is 8.58. The van der Waals surface area contributed by atoms with Crippen molar-refractivity contribution in [2.45, 2.75) is 0 Å². The quantitative estimate of drug-likeness (QED) is 0.423. The first-order valence-electron chi connectivity index (χ1n) is 5.87. The minimum Gasteiger partial charge on any atom is -0.378 e. The van der Waals surface area contributed by atoms with Crippen LogP contribution in [-0.4, -0.2) is 19.1 Å². The number of anilines is 1. The van der Waals surface area contributed by atoms with Crippen molar-refractivity contribution in [1.29, 1.82) is 0 Å². The zero-order valence-corrected chi connectivity index (χ0v) is 14.7. The molecule has 0 fully saturated rings. The Morgan fingerprint density at radius 2 is 1.85 bits per heavy atom. The van der Waals surface area contributed by atoms with Crippen LogP contribution in [0.4, 0.5) is 16.4 Å². The number of hydrogen-bond donors (Lipinski definition) is 0. The number of thiazole rings is 1. The third-order valence-electron chi connectivity index (χ3n) is 2.68. The molecule has 0 unspecified atom stereocenters. The lowest BCUT2D eigenvalue weighted by molar-refractivity contribution is 1.13. The Balaban J connectivity index is 1.80. The summed E-state index contributed by atoms with van der Waals surface area (Å²) in [6.07, 6.45) is 0. The third-order valence-corrected chi connectivity index (χ3v) is 5.42. The molecule has 102 valence electrons. The Morgan fingerprint density at radius 1 is 1.10 bits per heavy atom. The van der Waals surface area contributed by atoms with Crippen LogP contribution < -0.4 is 4.90 Å². The fraction of sp³-hybridized carbons (Fsp3) is 0.154. The number of azo groups is 1. The van der Waals surface area contributed by atoms with E-state index in [9.17, 15) is 0 Å². The molecule has 0 saturated carbocycles. The van der Waals surface area contributed by atoms with Gasteiger partial charge in [0.25, 0.3) is 0 Å². The van der Waals surface area contributed by atoms with Crippen LogP contribution in [0.2, 0.25) is 0 Å². The standard InChI is InChI=1S/C13H11IN4S2/c1-18(2)9-5-3-8(4-6-9)16-17-11-7-10-12(20-11)15-13(14)19-10/h3-7H,1-2H3. The predicted molar refractivity (Wildman–Crippen MR) is 95.2 cm³/mol. The van der Waals surface area contributed by atoms with E-state index in [0.717, 1.165) is 24.2 Å². The van der Waals surface area contributed by atoms with Crippen molar-refractivity contribution in [3.63, 3.8) is 0 Å². The Bertz CT molecular complexity index is 727. The molecular weight excluding hydrogens is 403 g/mol. The SMILES string of the molecule is CN(C)c1ccc(N=Nc2cc3sc(I)nc3s2)cc1. The van der Waals surface area contributed by atoms with Gasteiger partial charge in [0.05, 0.1) is 10.4 Å². The lowest BCUT2D eigenvalue weighted by atomic mass is 10.3. The average Bonchev–Trinajstić information content (AvgIpc) is 2.93. The summed E-state index contributed by atoms with van der Waals surface area (Å²) >= 11 is 5.49. The number of nitrogens with zero attached hydrogens (tertiary/aromatic N) is 4. The molecule has 2 aromatic heterocycles. The van der Waals surface area contributed by atoms with Gasteiger partial charge in [0.15, 0.2) is 3.01 Å². The van der Waals surface area contributed by atoms with Crippen LogP contribution in [-0.2, 0) is 0 Å². The first-order chi connectivity index (χ1) is 9.61. The second kappa shape index (κ2) is 5.74. The van der Waals surface area contributed by atoms with Crippen molar-refractivity contribution in [2.75, 3.05) is 19.0 Å². The van der Waals surface area contributed by atoms with Gasteiger partial charge >= 0.3 is 0 Å². The zero-order valence-electron chi connectivity index (χ0n) is 10.9. The molecule has 3 aromatic rings. The summed E-state index contributed by atoms with van der Waals surface area (Å²) in [6.45, 7) is 0. The molecule has 0 amide bonds. The van der Waals surface area contributed by atoms with Crippen molar-refractivity contribution in [2.24, 2.45) is 10.2 Å². The van der Waals surface area contributed by atoms with E-state index < -0.39 is 0 Å². The maximum atomic E-state index is 4.44. The Hall–Kier alpha value is -1.06. The highest BCUT2D eigenvalue weighted by molar-refractivity contribution is 14.1. The average molecular weight is 414 g/mol. The summed E-state index contributed by atoms with van der Waals surface area (Å²) in [7, 11) is 4.03. The van der Waals surface area contributed by atoms with E-state index in [1.165, 1.54) is 4.70 Å². The van der Waals surface area contributed by atoms with Gasteiger partial charge < -0.3 is 4.90 Å². The number of halogens is 1. The minimum atomic E-state index is 0.856. The van der Waals surface area contributed by atoms with Gasteiger partial charge in [0.2, 0.25) is 0 Å². The molecule has 0 atom stereocenters. The smallest absolute Gasteiger partial charge is 0.156 e. The van der Waals surface area contributed by atoms with Crippen molar-refractivity contribution in [3.05, 3.63) is 33.3 Å². The molecule has 3 rings (SSSR count). The number of aromatic nitrogens is 1. The molecule has 0 aliphatic rings. The van der Waals surface area contributed by atoms with Gasteiger partial charge in [-0.1, -0.05) is 11.3 Å². The Kier molecular flexibility index (Phi) is 3.99. The van der Waals surface area contributed by atoms with E-state index in [4.69, 9.17) is 0 Å². The summed E-state index contributed by atoms with van der Waals surface area (Å²) in [4.78, 5) is 7.53. The molecule has 0 aliphatic heterocycles. The Morgan fingerprint density at radius 3 is 2.50 bits per heavy atom. The normalized spacial score (nSPS) is 11.6. The minimum absolute atomic E-state index is 0.856. The second-order valence-corrected chi connectivity index (χ2v) is 8.13. The fourth-order valence-electron chi connectivity index (χ4n) is 1.67. The molecular formula is C13H11IN4S2. The molecule has 0 radical (unpaired) electrons. The zero-order chi connectivity index (χ0) is 14.1. The van der Waals surface area contributed by atoms with Crippen LogP contribution in [0.3, 0.4) is 0 Å². The van der Waals surface area contributed by atoms with E-state index in [2.05, 4.69) is 42.7 Å². The maximum Gasteiger partial charge on any atom is 0.156 e. The fourth-order valence-corrected chi connectivity index (χ4v) is 4.54. The van der Waals surface area contributed by atoms with Crippen LogP contribution >= 0.6 is 45.3 Å². The molecule has 0 saturated heterocycles. The van der Waals surface area contributed by atoms with Gasteiger partial charge in [0.1, 0.15) is 9.83 Å². The highest BCUT2D eigenvalue weighted by Gasteiger charge is 2.06. The molecule has 0 N–H and O–H groups in total. The van der Waals surface area contributed by atoms with Gasteiger partial charge in [-0.25, -0.2) is 4.98 Å². The van der Waals surface area contributed by atoms with Crippen molar-refractivity contribution in [1.82, 2.24) is 4.98 Å². The number of benzene rings is 1. The largest absolute Gasteiger partial charge is 0.378 e. The van der Waals surface area contributed by atoms with Crippen LogP contribution in [0.25, 0.3) is 9.53 Å². The number of fused-ring (bicyclic) bond motifs is 1. The summed E-state index contributed by atoms with van der Waals surface area (Å²) in [5, 5.41) is 9.45. The highest BCUT2D eigenvalue weighted by atomic mass is 127. The van der Waals surface area contributed by atoms with E-state index in [1.54, 1.807) is 22.7 Å². The molecule has 0 bridgehead atoms. The third kappa shape index (κ3) is 2.99. The molecule has 0 spiro atoms. The molecule has 1 aromatic carbocycles. The van der Waals surface area contributed by atoms with Crippen LogP contribution in [0.5, 0.6) is 0 Å². The second-order valence-electron chi connectivity index (χ2n) is 4.33. The molecule has 4 nitrogen and oxygen atoms in total. The summed E-state index contributed by atoms with van der Waals surface area (Å²) < 4.78 is 2.24. The van der Waals surface area contributed by atoms with Gasteiger partial charge in [0, 0.05) is 19.8 Å². The van der Waals surface area contributed by atoms with Gasteiger partial charge in [-0.3, -0.25) is 0 Å². The van der Waals surface area contributed by atoms with Crippen molar-refractivity contribution in [3.8, 4) is 0 Å². The lowest BCUT2D eigenvalue weighted by Gasteiger charge is -2.11. The van der Waals surface area contributed by atoms with Crippen molar-refractivity contribution < 1.29 is 0 Å². The lowest BCUT2D eigenvalue weighted by Crippen LogP contribution is -2.07. The summed E-state index contributed by atoms with van der Waals surface area (Å²) in [6, 6.07) is 10.0. The molecule has 7 heteroatoms. The van der Waals surface area contributed by atoms with Gasteiger partial charge in [-0.15, -0.1) is 21.6 Å². The molecule has 0 aliphatic carbocycles. The van der Waals surface area contributed by atoms with E-state index in [1.807, 2.05) is 44.4 Å². The number of thiophene rings is 1. The van der Waals surface area contributed by atoms with Crippen LogP contribution in [0, 0.1) is 3.01 Å². The maximum absolute atomic E-state index is 4.44. The predicted octanol–water partition coefficient (Wildman–Crippen LogP) is 5.44. The van der Waals surface area contributed by atoms with E-state index in [-0.39, 0.29) is 0 Å². The molecule has 20 heavy (non-hydrogen) atoms. The Labute approximate surface area is 138 Å². The van der Waals surface area contributed by atoms with Crippen molar-refractivity contribution >= 4 is 71.2 Å². The van der Waals surface area contributed by atoms with Crippen LogP contribution in [0.15, 0.2) is 40.6 Å². The monoisotopic (exact) mass is 414 g/mol. The first kappa shape index (κ1) is 13.9. The van der Waals surface area contributed by atoms with Crippen LogP contribution in [0.1, 0.15) is 0 Å².